The number of rotatable bonds is 5. The van der Waals surface area contributed by atoms with E-state index >= 15 is 0 Å². The lowest BCUT2D eigenvalue weighted by molar-refractivity contribution is -0.152. The van der Waals surface area contributed by atoms with E-state index in [9.17, 15) is 14.7 Å². The molecule has 142 valence electrons. The third-order valence-corrected chi connectivity index (χ3v) is 6.62. The number of carboxylic acid groups (broad SMARTS) is 1. The molecule has 1 amide bonds. The fourth-order valence-corrected chi connectivity index (χ4v) is 5.24. The van der Waals surface area contributed by atoms with Crippen molar-refractivity contribution in [1.82, 2.24) is 4.98 Å². The summed E-state index contributed by atoms with van der Waals surface area (Å²) in [5, 5.41) is 12.7. The van der Waals surface area contributed by atoms with Crippen LogP contribution in [0.5, 0.6) is 0 Å². The average molecular weight is 374 g/mol. The summed E-state index contributed by atoms with van der Waals surface area (Å²) < 4.78 is 0. The number of benzene rings is 1. The lowest BCUT2D eigenvalue weighted by Crippen LogP contribution is -2.48. The highest BCUT2D eigenvalue weighted by Crippen LogP contribution is 2.63. The first kappa shape index (κ1) is 17.2. The Morgan fingerprint density at radius 2 is 1.54 bits per heavy atom. The standard InChI is InChI=1S/C23H22N2O3/c26-22(20-16-5-6-17(19-12-18(16)19)21(20)23(27)28)25-15-3-1-13(2-4-15)11-14-7-9-24-10-8-14/h1-10,16-21H,11-12H2,(H,25,26)(H,27,28). The van der Waals surface area contributed by atoms with Gasteiger partial charge in [-0.3, -0.25) is 14.6 Å². The number of fused-ring (bicyclic) bond motifs is 1. The first-order valence-corrected chi connectivity index (χ1v) is 9.81. The molecule has 2 N–H and O–H groups in total. The fourth-order valence-electron chi connectivity index (χ4n) is 5.24. The SMILES string of the molecule is O=C(O)C1C2C=CC(C3CC23)C1C(=O)Nc1ccc(Cc2ccncc2)cc1. The lowest BCUT2D eigenvalue weighted by atomic mass is 9.62. The second-order valence-corrected chi connectivity index (χ2v) is 8.21. The van der Waals surface area contributed by atoms with Crippen LogP contribution < -0.4 is 5.32 Å². The molecule has 2 bridgehead atoms. The Kier molecular flexibility index (Phi) is 4.04. The number of carbonyl (C=O) groups excluding carboxylic acids is 1. The molecule has 6 rings (SSSR count). The minimum Gasteiger partial charge on any atom is -0.481 e. The maximum Gasteiger partial charge on any atom is 0.307 e. The quantitative estimate of drug-likeness (QED) is 0.787. The molecule has 4 aliphatic carbocycles. The number of amides is 1. The van der Waals surface area contributed by atoms with Crippen molar-refractivity contribution in [3.05, 3.63) is 72.1 Å². The summed E-state index contributed by atoms with van der Waals surface area (Å²) in [5.74, 6) is -1.08. The molecular formula is C23H22N2O3. The van der Waals surface area contributed by atoms with Crippen LogP contribution in [0.1, 0.15) is 17.5 Å². The Balaban J connectivity index is 1.30. The number of carboxylic acids is 1. The van der Waals surface area contributed by atoms with Gasteiger partial charge >= 0.3 is 5.97 Å². The highest BCUT2D eigenvalue weighted by molar-refractivity contribution is 5.96. The Labute approximate surface area is 163 Å². The van der Waals surface area contributed by atoms with Gasteiger partial charge in [-0.15, -0.1) is 0 Å². The number of aromatic nitrogens is 1. The van der Waals surface area contributed by atoms with Crippen LogP contribution in [0.2, 0.25) is 0 Å². The summed E-state index contributed by atoms with van der Waals surface area (Å²) in [6.45, 7) is 0. The van der Waals surface area contributed by atoms with E-state index in [2.05, 4.69) is 16.4 Å². The van der Waals surface area contributed by atoms with Crippen molar-refractivity contribution >= 4 is 17.6 Å². The Bertz CT molecular complexity index is 938. The zero-order chi connectivity index (χ0) is 19.3. The molecule has 0 radical (unpaired) electrons. The van der Waals surface area contributed by atoms with Crippen LogP contribution in [0.15, 0.2) is 60.9 Å². The summed E-state index contributed by atoms with van der Waals surface area (Å²) in [7, 11) is 0. The van der Waals surface area contributed by atoms with Gasteiger partial charge in [0.1, 0.15) is 0 Å². The minimum atomic E-state index is -0.849. The van der Waals surface area contributed by atoms with Crippen LogP contribution in [0, 0.1) is 35.5 Å². The van der Waals surface area contributed by atoms with E-state index in [4.69, 9.17) is 0 Å². The van der Waals surface area contributed by atoms with Gasteiger partial charge in [0.05, 0.1) is 11.8 Å². The highest BCUT2D eigenvalue weighted by Gasteiger charge is 2.62. The lowest BCUT2D eigenvalue weighted by Gasteiger charge is -2.41. The number of aliphatic carboxylic acids is 1. The van der Waals surface area contributed by atoms with Gasteiger partial charge in [0.15, 0.2) is 0 Å². The first-order valence-electron chi connectivity index (χ1n) is 9.81. The van der Waals surface area contributed by atoms with Crippen LogP contribution in [0.25, 0.3) is 0 Å². The van der Waals surface area contributed by atoms with E-state index in [1.54, 1.807) is 12.4 Å². The number of nitrogens with zero attached hydrogens (tertiary/aromatic N) is 1. The molecule has 5 heteroatoms. The molecule has 1 aromatic carbocycles. The molecule has 2 aromatic rings. The van der Waals surface area contributed by atoms with Crippen molar-refractivity contribution in [2.75, 3.05) is 5.32 Å². The predicted octanol–water partition coefficient (Wildman–Crippen LogP) is 3.38. The summed E-state index contributed by atoms with van der Waals surface area (Å²) in [5.41, 5.74) is 3.04. The van der Waals surface area contributed by atoms with Gasteiger partial charge in [-0.05, 0) is 71.9 Å². The van der Waals surface area contributed by atoms with Crippen LogP contribution in [-0.4, -0.2) is 22.0 Å². The Morgan fingerprint density at radius 3 is 2.18 bits per heavy atom. The number of anilines is 1. The van der Waals surface area contributed by atoms with Crippen LogP contribution in [0.3, 0.4) is 0 Å². The zero-order valence-electron chi connectivity index (χ0n) is 15.4. The van der Waals surface area contributed by atoms with Gasteiger partial charge < -0.3 is 10.4 Å². The zero-order valence-corrected chi connectivity index (χ0v) is 15.4. The second-order valence-electron chi connectivity index (χ2n) is 8.21. The van der Waals surface area contributed by atoms with Gasteiger partial charge in [-0.25, -0.2) is 0 Å². The summed E-state index contributed by atoms with van der Waals surface area (Å²) in [4.78, 5) is 28.9. The summed E-state index contributed by atoms with van der Waals surface area (Å²) >= 11 is 0. The molecular weight excluding hydrogens is 352 g/mol. The van der Waals surface area contributed by atoms with Crippen LogP contribution in [0.4, 0.5) is 5.69 Å². The molecule has 6 atom stereocenters. The number of allylic oxidation sites excluding steroid dienone is 2. The monoisotopic (exact) mass is 374 g/mol. The van der Waals surface area contributed by atoms with Crippen molar-refractivity contribution in [1.29, 1.82) is 0 Å². The molecule has 5 nitrogen and oxygen atoms in total. The van der Waals surface area contributed by atoms with Crippen molar-refractivity contribution in [2.45, 2.75) is 12.8 Å². The van der Waals surface area contributed by atoms with Crippen LogP contribution in [-0.2, 0) is 16.0 Å². The van der Waals surface area contributed by atoms with Gasteiger partial charge in [0.25, 0.3) is 0 Å². The Morgan fingerprint density at radius 1 is 0.929 bits per heavy atom. The highest BCUT2D eigenvalue weighted by atomic mass is 16.4. The minimum absolute atomic E-state index is 0.00554. The molecule has 6 unspecified atom stereocenters. The van der Waals surface area contributed by atoms with Crippen LogP contribution >= 0.6 is 0 Å². The first-order chi connectivity index (χ1) is 13.6. The molecule has 1 heterocycles. The molecule has 1 aromatic heterocycles. The van der Waals surface area contributed by atoms with Crippen molar-refractivity contribution < 1.29 is 14.7 Å². The molecule has 0 aliphatic heterocycles. The van der Waals surface area contributed by atoms with Crippen molar-refractivity contribution in [3.8, 4) is 0 Å². The summed E-state index contributed by atoms with van der Waals surface area (Å²) in [6.07, 6.45) is 9.53. The Hall–Kier alpha value is -2.95. The predicted molar refractivity (Wildman–Crippen MR) is 104 cm³/mol. The van der Waals surface area contributed by atoms with E-state index in [0.29, 0.717) is 17.5 Å². The van der Waals surface area contributed by atoms with Gasteiger partial charge in [-0.1, -0.05) is 24.3 Å². The third kappa shape index (κ3) is 2.91. The van der Waals surface area contributed by atoms with Crippen molar-refractivity contribution in [3.63, 3.8) is 0 Å². The van der Waals surface area contributed by atoms with Gasteiger partial charge in [0, 0.05) is 18.1 Å². The second kappa shape index (κ2) is 6.59. The summed E-state index contributed by atoms with van der Waals surface area (Å²) in [6, 6.07) is 11.7. The molecule has 0 spiro atoms. The molecule has 4 aliphatic rings. The van der Waals surface area contributed by atoms with Gasteiger partial charge in [0.2, 0.25) is 5.91 Å². The molecule has 0 saturated heterocycles. The number of nitrogens with one attached hydrogen (secondary N) is 1. The molecule has 2 fully saturated rings. The maximum absolute atomic E-state index is 13.0. The number of carbonyl (C=O) groups is 2. The van der Waals surface area contributed by atoms with E-state index in [1.807, 2.05) is 42.5 Å². The fraction of sp³-hybridized carbons (Fsp3) is 0.348. The molecule has 28 heavy (non-hydrogen) atoms. The maximum atomic E-state index is 13.0. The largest absolute Gasteiger partial charge is 0.481 e. The number of hydrogen-bond donors (Lipinski definition) is 2. The van der Waals surface area contributed by atoms with E-state index < -0.39 is 17.8 Å². The van der Waals surface area contributed by atoms with E-state index in [0.717, 1.165) is 18.4 Å². The molecule has 2 saturated carbocycles. The normalized spacial score (nSPS) is 31.9. The van der Waals surface area contributed by atoms with Crippen molar-refractivity contribution in [2.24, 2.45) is 35.5 Å². The third-order valence-electron chi connectivity index (χ3n) is 6.62. The van der Waals surface area contributed by atoms with E-state index in [1.165, 1.54) is 5.56 Å². The average Bonchev–Trinajstić information content (AvgIpc) is 3.52. The van der Waals surface area contributed by atoms with E-state index in [-0.39, 0.29) is 17.7 Å². The topological polar surface area (TPSA) is 79.3 Å². The van der Waals surface area contributed by atoms with Gasteiger partial charge in [-0.2, -0.15) is 0 Å². The smallest absolute Gasteiger partial charge is 0.307 e. The number of hydrogen-bond acceptors (Lipinski definition) is 3. The number of pyridine rings is 1.